The van der Waals surface area contributed by atoms with Gasteiger partial charge in [-0.2, -0.15) is 0 Å². The summed E-state index contributed by atoms with van der Waals surface area (Å²) in [7, 11) is 0. The molecule has 2 aromatic carbocycles. The number of nitrogens with one attached hydrogen (secondary N) is 1. The lowest BCUT2D eigenvalue weighted by Crippen LogP contribution is -2.50. The molecule has 0 atom stereocenters. The Kier molecular flexibility index (Phi) is 4.96. The van der Waals surface area contributed by atoms with Crippen LogP contribution >= 0.6 is 0 Å². The van der Waals surface area contributed by atoms with Gasteiger partial charge in [-0.05, 0) is 23.3 Å². The predicted molar refractivity (Wildman–Crippen MR) is 107 cm³/mol. The second-order valence-electron chi connectivity index (χ2n) is 6.41. The zero-order chi connectivity index (χ0) is 18.5. The number of piperazine rings is 1. The number of aromatic nitrogens is 2. The molecule has 0 spiro atoms. The Morgan fingerprint density at radius 3 is 2.22 bits per heavy atom. The van der Waals surface area contributed by atoms with Crippen molar-refractivity contribution in [1.29, 1.82) is 0 Å². The van der Waals surface area contributed by atoms with Crippen LogP contribution in [0.5, 0.6) is 0 Å². The van der Waals surface area contributed by atoms with Crippen molar-refractivity contribution >= 4 is 17.5 Å². The van der Waals surface area contributed by atoms with E-state index in [1.807, 2.05) is 47.4 Å². The van der Waals surface area contributed by atoms with Crippen LogP contribution in [0.15, 0.2) is 73.2 Å². The summed E-state index contributed by atoms with van der Waals surface area (Å²) in [5.74, 6) is 0.856. The minimum Gasteiger partial charge on any atom is -0.352 e. The fraction of sp³-hybridized carbons (Fsp3) is 0.190. The smallest absolute Gasteiger partial charge is 0.321 e. The number of amides is 2. The summed E-state index contributed by atoms with van der Waals surface area (Å²) in [4.78, 5) is 24.9. The third-order valence-electron chi connectivity index (χ3n) is 4.68. The van der Waals surface area contributed by atoms with Gasteiger partial charge in [0.1, 0.15) is 5.82 Å². The molecule has 3 aromatic rings. The molecule has 0 bridgehead atoms. The maximum absolute atomic E-state index is 12.5. The molecule has 0 radical (unpaired) electrons. The number of hydrogen-bond acceptors (Lipinski definition) is 4. The zero-order valence-electron chi connectivity index (χ0n) is 15.0. The van der Waals surface area contributed by atoms with Gasteiger partial charge in [-0.25, -0.2) is 9.78 Å². The number of anilines is 2. The number of hydrogen-bond donors (Lipinski definition) is 1. The molecule has 1 aliphatic heterocycles. The molecule has 27 heavy (non-hydrogen) atoms. The molecule has 0 unspecified atom stereocenters. The lowest BCUT2D eigenvalue weighted by molar-refractivity contribution is 0.208. The van der Waals surface area contributed by atoms with E-state index in [9.17, 15) is 4.79 Å². The Bertz CT molecular complexity index is 875. The Hall–Kier alpha value is -3.41. The van der Waals surface area contributed by atoms with E-state index in [-0.39, 0.29) is 6.03 Å². The molecule has 1 saturated heterocycles. The minimum absolute atomic E-state index is 0.0683. The highest BCUT2D eigenvalue weighted by atomic mass is 16.2. The molecule has 6 heteroatoms. The van der Waals surface area contributed by atoms with Gasteiger partial charge in [0.2, 0.25) is 0 Å². The van der Waals surface area contributed by atoms with E-state index in [4.69, 9.17) is 0 Å². The fourth-order valence-electron chi connectivity index (χ4n) is 3.17. The Labute approximate surface area is 158 Å². The number of carbonyl (C=O) groups is 1. The Morgan fingerprint density at radius 1 is 0.852 bits per heavy atom. The van der Waals surface area contributed by atoms with Crippen LogP contribution < -0.4 is 10.2 Å². The van der Waals surface area contributed by atoms with E-state index in [0.29, 0.717) is 13.1 Å². The van der Waals surface area contributed by atoms with Gasteiger partial charge in [0.25, 0.3) is 0 Å². The van der Waals surface area contributed by atoms with Crippen molar-refractivity contribution in [2.45, 2.75) is 0 Å². The van der Waals surface area contributed by atoms with Gasteiger partial charge in [-0.15, -0.1) is 0 Å². The van der Waals surface area contributed by atoms with Gasteiger partial charge < -0.3 is 15.1 Å². The maximum atomic E-state index is 12.5. The van der Waals surface area contributed by atoms with Crippen molar-refractivity contribution in [3.8, 4) is 11.1 Å². The molecular weight excluding hydrogens is 338 g/mol. The van der Waals surface area contributed by atoms with Gasteiger partial charge in [0, 0.05) is 44.3 Å². The van der Waals surface area contributed by atoms with Gasteiger partial charge in [0.15, 0.2) is 0 Å². The molecule has 0 saturated carbocycles. The Morgan fingerprint density at radius 2 is 1.56 bits per heavy atom. The molecule has 1 fully saturated rings. The van der Waals surface area contributed by atoms with Gasteiger partial charge in [-0.3, -0.25) is 4.98 Å². The van der Waals surface area contributed by atoms with Crippen LogP contribution in [0.1, 0.15) is 0 Å². The first kappa shape index (κ1) is 17.0. The summed E-state index contributed by atoms with van der Waals surface area (Å²) < 4.78 is 0. The second kappa shape index (κ2) is 7.86. The lowest BCUT2D eigenvalue weighted by Gasteiger charge is -2.35. The van der Waals surface area contributed by atoms with E-state index in [1.54, 1.807) is 18.6 Å². The molecule has 4 rings (SSSR count). The van der Waals surface area contributed by atoms with Crippen molar-refractivity contribution in [2.75, 3.05) is 36.4 Å². The van der Waals surface area contributed by atoms with Crippen molar-refractivity contribution < 1.29 is 4.79 Å². The van der Waals surface area contributed by atoms with E-state index < -0.39 is 0 Å². The summed E-state index contributed by atoms with van der Waals surface area (Å²) in [6, 6.07) is 18.1. The van der Waals surface area contributed by atoms with E-state index in [1.165, 1.54) is 0 Å². The first-order chi connectivity index (χ1) is 13.3. The highest BCUT2D eigenvalue weighted by Gasteiger charge is 2.22. The highest BCUT2D eigenvalue weighted by molar-refractivity contribution is 5.89. The van der Waals surface area contributed by atoms with E-state index >= 15 is 0 Å². The third-order valence-corrected chi connectivity index (χ3v) is 4.68. The highest BCUT2D eigenvalue weighted by Crippen LogP contribution is 2.21. The molecular formula is C21H21N5O. The monoisotopic (exact) mass is 359 g/mol. The van der Waals surface area contributed by atoms with E-state index in [0.717, 1.165) is 35.7 Å². The lowest BCUT2D eigenvalue weighted by atomic mass is 10.1. The van der Waals surface area contributed by atoms with Gasteiger partial charge in [-0.1, -0.05) is 42.5 Å². The second-order valence-corrected chi connectivity index (χ2v) is 6.41. The number of carbonyl (C=O) groups excluding carboxylic acids is 1. The van der Waals surface area contributed by atoms with Crippen LogP contribution in [0.4, 0.5) is 16.3 Å². The SMILES string of the molecule is O=C(Nc1ccc(-c2ccccc2)cc1)N1CCN(c2cnccn2)CC1. The molecule has 1 aromatic heterocycles. The molecule has 2 amide bonds. The number of benzene rings is 2. The molecule has 2 heterocycles. The topological polar surface area (TPSA) is 61.4 Å². The van der Waals surface area contributed by atoms with Crippen molar-refractivity contribution in [1.82, 2.24) is 14.9 Å². The predicted octanol–water partition coefficient (Wildman–Crippen LogP) is 3.50. The molecule has 136 valence electrons. The summed E-state index contributed by atoms with van der Waals surface area (Å²) in [6.45, 7) is 2.81. The summed E-state index contributed by atoms with van der Waals surface area (Å²) in [5.41, 5.74) is 3.10. The number of rotatable bonds is 3. The van der Waals surface area contributed by atoms with Crippen LogP contribution in [0, 0.1) is 0 Å². The van der Waals surface area contributed by atoms with Crippen LogP contribution in [0.2, 0.25) is 0 Å². The third kappa shape index (κ3) is 4.06. The largest absolute Gasteiger partial charge is 0.352 e. The summed E-state index contributed by atoms with van der Waals surface area (Å²) in [5, 5.41) is 2.99. The van der Waals surface area contributed by atoms with Crippen LogP contribution in [0.3, 0.4) is 0 Å². The summed E-state index contributed by atoms with van der Waals surface area (Å²) >= 11 is 0. The number of urea groups is 1. The quantitative estimate of drug-likeness (QED) is 0.777. The van der Waals surface area contributed by atoms with E-state index in [2.05, 4.69) is 32.3 Å². The maximum Gasteiger partial charge on any atom is 0.321 e. The Balaban J connectivity index is 1.33. The van der Waals surface area contributed by atoms with Gasteiger partial charge >= 0.3 is 6.03 Å². The molecule has 6 nitrogen and oxygen atoms in total. The van der Waals surface area contributed by atoms with Crippen LogP contribution in [-0.2, 0) is 0 Å². The normalized spacial score (nSPS) is 14.1. The number of nitrogens with zero attached hydrogens (tertiary/aromatic N) is 4. The van der Waals surface area contributed by atoms with Crippen molar-refractivity contribution in [2.24, 2.45) is 0 Å². The standard InChI is InChI=1S/C21H21N5O/c27-21(26-14-12-25(13-15-26)20-16-22-10-11-23-20)24-19-8-6-18(7-9-19)17-4-2-1-3-5-17/h1-11,16H,12-15H2,(H,24,27). The molecule has 0 aliphatic carbocycles. The fourth-order valence-corrected chi connectivity index (χ4v) is 3.17. The molecule has 1 aliphatic rings. The minimum atomic E-state index is -0.0683. The van der Waals surface area contributed by atoms with Gasteiger partial charge in [0.05, 0.1) is 6.20 Å². The van der Waals surface area contributed by atoms with Crippen molar-refractivity contribution in [3.63, 3.8) is 0 Å². The molecule has 1 N–H and O–H groups in total. The van der Waals surface area contributed by atoms with Crippen LogP contribution in [-0.4, -0.2) is 47.1 Å². The van der Waals surface area contributed by atoms with Crippen LogP contribution in [0.25, 0.3) is 11.1 Å². The summed E-state index contributed by atoms with van der Waals surface area (Å²) in [6.07, 6.45) is 5.10. The first-order valence-corrected chi connectivity index (χ1v) is 9.02. The first-order valence-electron chi connectivity index (χ1n) is 9.02. The van der Waals surface area contributed by atoms with Crippen molar-refractivity contribution in [3.05, 3.63) is 73.2 Å². The average molecular weight is 359 g/mol. The average Bonchev–Trinajstić information content (AvgIpc) is 2.76. The zero-order valence-corrected chi connectivity index (χ0v) is 15.0.